The second kappa shape index (κ2) is 10.9. The maximum atomic E-state index is 12.8. The fraction of sp³-hybridized carbons (Fsp3) is 0.448. The van der Waals surface area contributed by atoms with Crippen molar-refractivity contribution in [2.24, 2.45) is 0 Å². The van der Waals surface area contributed by atoms with Crippen LogP contribution in [0.5, 0.6) is 5.75 Å². The highest BCUT2D eigenvalue weighted by atomic mass is 35.5. The van der Waals surface area contributed by atoms with Gasteiger partial charge in [0.25, 0.3) is 0 Å². The second-order valence-corrected chi connectivity index (χ2v) is 14.9. The summed E-state index contributed by atoms with van der Waals surface area (Å²) >= 11 is 6.44. The van der Waals surface area contributed by atoms with Crippen molar-refractivity contribution in [2.75, 3.05) is 74.7 Å². The van der Waals surface area contributed by atoms with Gasteiger partial charge in [0.1, 0.15) is 24.5 Å². The summed E-state index contributed by atoms with van der Waals surface area (Å²) in [6.07, 6.45) is 1.56. The molecule has 0 spiro atoms. The Morgan fingerprint density at radius 3 is 2.67 bits per heavy atom. The largest absolute Gasteiger partial charge is 0.489 e. The smallest absolute Gasteiger partial charge is 0.229 e. The summed E-state index contributed by atoms with van der Waals surface area (Å²) in [6.45, 7) is 15.2. The molecule has 0 aliphatic carbocycles. The number of benzene rings is 2. The van der Waals surface area contributed by atoms with E-state index in [1.165, 1.54) is 18.8 Å². The van der Waals surface area contributed by atoms with E-state index in [1.807, 2.05) is 30.3 Å². The predicted octanol–water partition coefficient (Wildman–Crippen LogP) is 4.76. The predicted molar refractivity (Wildman–Crippen MR) is 164 cm³/mol. The highest BCUT2D eigenvalue weighted by Crippen LogP contribution is 2.42. The van der Waals surface area contributed by atoms with Gasteiger partial charge in [-0.1, -0.05) is 30.7 Å². The number of piperazine rings is 1. The first kappa shape index (κ1) is 27.3. The molecular weight excluding hydrogens is 545 g/mol. The van der Waals surface area contributed by atoms with Crippen molar-refractivity contribution in [3.8, 4) is 5.75 Å². The van der Waals surface area contributed by atoms with Crippen molar-refractivity contribution in [1.82, 2.24) is 19.8 Å². The highest BCUT2D eigenvalue weighted by Gasteiger charge is 2.39. The first-order valence-corrected chi connectivity index (χ1v) is 16.9. The fourth-order valence-electron chi connectivity index (χ4n) is 5.98. The Morgan fingerprint density at radius 2 is 1.90 bits per heavy atom. The van der Waals surface area contributed by atoms with Gasteiger partial charge in [-0.15, -0.1) is 0 Å². The highest BCUT2D eigenvalue weighted by molar-refractivity contribution is 7.70. The van der Waals surface area contributed by atoms with Crippen LogP contribution in [0.1, 0.15) is 12.5 Å². The third kappa shape index (κ3) is 5.40. The number of ether oxygens (including phenoxy) is 1. The van der Waals surface area contributed by atoms with Gasteiger partial charge in [0.05, 0.1) is 23.6 Å². The number of likely N-dealkylation sites (tertiary alicyclic amines) is 1. The summed E-state index contributed by atoms with van der Waals surface area (Å²) in [6, 6.07) is 12.7. The first-order chi connectivity index (χ1) is 19.2. The van der Waals surface area contributed by atoms with E-state index >= 15 is 0 Å². The summed E-state index contributed by atoms with van der Waals surface area (Å²) in [5.74, 6) is 1.74. The van der Waals surface area contributed by atoms with E-state index in [9.17, 15) is 4.57 Å². The third-order valence-electron chi connectivity index (χ3n) is 8.14. The zero-order valence-corrected chi connectivity index (χ0v) is 25.2. The molecule has 9 nitrogen and oxygen atoms in total. The molecule has 4 heterocycles. The van der Waals surface area contributed by atoms with Gasteiger partial charge < -0.3 is 29.7 Å². The SMILES string of the molecule is CCN1CC(N2CCN3c4c(C)cc(Nc5ncc(Cl)c(Nc6ccccc6P(C)(C)=O)n5)cc4OC[C@@H]3C2)C1. The zero-order chi connectivity index (χ0) is 28.0. The normalized spacial score (nSPS) is 19.8. The number of anilines is 5. The molecule has 2 saturated heterocycles. The standard InChI is InChI=1S/C29H37ClN7O2P/c1-5-35-15-21(16-35)36-10-11-37-22(17-36)18-39-25-13-20(12-19(2)27(25)37)32-29-31-14-23(30)28(34-29)33-24-8-6-7-9-26(24)40(3,4)38/h6-9,12-14,21-22H,5,10-11,15-18H2,1-4H3,(H2,31,32,33,34)/t22-/m0/s1. The molecule has 3 aliphatic rings. The van der Waals surface area contributed by atoms with E-state index in [0.717, 1.165) is 54.2 Å². The lowest BCUT2D eigenvalue weighted by Crippen LogP contribution is -2.66. The molecule has 1 aromatic heterocycles. The molecular formula is C29H37ClN7O2P. The Bertz CT molecular complexity index is 1460. The van der Waals surface area contributed by atoms with Gasteiger partial charge in [-0.2, -0.15) is 4.98 Å². The topological polar surface area (TPSA) is 85.9 Å². The van der Waals surface area contributed by atoms with Crippen LogP contribution >= 0.6 is 18.7 Å². The fourth-order valence-corrected chi connectivity index (χ4v) is 7.28. The van der Waals surface area contributed by atoms with Gasteiger partial charge >= 0.3 is 0 Å². The van der Waals surface area contributed by atoms with Crippen LogP contribution in [0.15, 0.2) is 42.6 Å². The molecule has 212 valence electrons. The average molecular weight is 582 g/mol. The quantitative estimate of drug-likeness (QED) is 0.384. The number of hydrogen-bond acceptors (Lipinski definition) is 9. The summed E-state index contributed by atoms with van der Waals surface area (Å²) in [7, 11) is -2.50. The van der Waals surface area contributed by atoms with Gasteiger partial charge in [-0.05, 0) is 50.6 Å². The lowest BCUT2D eigenvalue weighted by Gasteiger charge is -2.52. The van der Waals surface area contributed by atoms with Crippen molar-refractivity contribution in [3.63, 3.8) is 0 Å². The molecule has 6 rings (SSSR count). The van der Waals surface area contributed by atoms with Gasteiger partial charge in [0.2, 0.25) is 5.95 Å². The molecule has 0 amide bonds. The summed E-state index contributed by atoms with van der Waals surface area (Å²) in [4.78, 5) is 16.7. The van der Waals surface area contributed by atoms with Crippen molar-refractivity contribution in [2.45, 2.75) is 25.9 Å². The number of rotatable bonds is 7. The Morgan fingerprint density at radius 1 is 1.10 bits per heavy atom. The molecule has 2 aromatic carbocycles. The Labute approximate surface area is 241 Å². The number of aromatic nitrogens is 2. The third-order valence-corrected chi connectivity index (χ3v) is 9.96. The Kier molecular flexibility index (Phi) is 7.42. The van der Waals surface area contributed by atoms with Crippen LogP contribution in [0.2, 0.25) is 5.02 Å². The van der Waals surface area contributed by atoms with E-state index in [0.29, 0.717) is 35.5 Å². The number of halogens is 1. The first-order valence-electron chi connectivity index (χ1n) is 13.9. The van der Waals surface area contributed by atoms with Gasteiger partial charge in [0, 0.05) is 55.8 Å². The van der Waals surface area contributed by atoms with E-state index < -0.39 is 7.14 Å². The number of likely N-dealkylation sites (N-methyl/N-ethyl adjacent to an activating group) is 1. The molecule has 40 heavy (non-hydrogen) atoms. The molecule has 0 bridgehead atoms. The number of fused-ring (bicyclic) bond motifs is 3. The number of nitrogens with one attached hydrogen (secondary N) is 2. The lowest BCUT2D eigenvalue weighted by atomic mass is 10.0. The zero-order valence-electron chi connectivity index (χ0n) is 23.5. The van der Waals surface area contributed by atoms with Crippen LogP contribution in [0.3, 0.4) is 0 Å². The van der Waals surface area contributed by atoms with Crippen LogP contribution < -0.4 is 25.6 Å². The number of hydrogen-bond donors (Lipinski definition) is 2. The van der Waals surface area contributed by atoms with Gasteiger partial charge in [-0.3, -0.25) is 4.90 Å². The minimum Gasteiger partial charge on any atom is -0.489 e. The van der Waals surface area contributed by atoms with E-state index in [1.54, 1.807) is 19.5 Å². The molecule has 2 fully saturated rings. The Hall–Kier alpha value is -2.84. The van der Waals surface area contributed by atoms with E-state index in [2.05, 4.69) is 55.2 Å². The monoisotopic (exact) mass is 581 g/mol. The van der Waals surface area contributed by atoms with Crippen LogP contribution in [-0.4, -0.2) is 91.1 Å². The molecule has 0 radical (unpaired) electrons. The maximum absolute atomic E-state index is 12.8. The number of aryl methyl sites for hydroxylation is 1. The summed E-state index contributed by atoms with van der Waals surface area (Å²) in [5, 5.41) is 7.71. The van der Waals surface area contributed by atoms with Crippen molar-refractivity contribution < 1.29 is 9.30 Å². The Balaban J connectivity index is 1.18. The molecule has 0 unspecified atom stereocenters. The van der Waals surface area contributed by atoms with Gasteiger partial charge in [0.15, 0.2) is 5.82 Å². The van der Waals surface area contributed by atoms with Gasteiger partial charge in [-0.25, -0.2) is 4.98 Å². The molecule has 11 heteroatoms. The molecule has 3 aromatic rings. The van der Waals surface area contributed by atoms with Crippen LogP contribution in [-0.2, 0) is 4.57 Å². The average Bonchev–Trinajstić information content (AvgIpc) is 2.89. The number of nitrogens with zero attached hydrogens (tertiary/aromatic N) is 5. The van der Waals surface area contributed by atoms with Crippen molar-refractivity contribution >= 4 is 52.9 Å². The number of para-hydroxylation sites is 1. The minimum absolute atomic E-state index is 0.368. The van der Waals surface area contributed by atoms with Crippen molar-refractivity contribution in [1.29, 1.82) is 0 Å². The summed E-state index contributed by atoms with van der Waals surface area (Å²) in [5.41, 5.74) is 3.91. The molecule has 1 atom stereocenters. The second-order valence-electron chi connectivity index (χ2n) is 11.3. The van der Waals surface area contributed by atoms with Crippen LogP contribution in [0, 0.1) is 6.92 Å². The molecule has 3 aliphatic heterocycles. The summed E-state index contributed by atoms with van der Waals surface area (Å²) < 4.78 is 19.1. The molecule has 2 N–H and O–H groups in total. The maximum Gasteiger partial charge on any atom is 0.229 e. The molecule has 0 saturated carbocycles. The van der Waals surface area contributed by atoms with Crippen molar-refractivity contribution in [3.05, 3.63) is 53.2 Å². The van der Waals surface area contributed by atoms with Crippen LogP contribution in [0.4, 0.5) is 28.8 Å². The van der Waals surface area contributed by atoms with Crippen LogP contribution in [0.25, 0.3) is 0 Å². The van der Waals surface area contributed by atoms with E-state index in [-0.39, 0.29) is 0 Å². The minimum atomic E-state index is -2.50. The van der Waals surface area contributed by atoms with E-state index in [4.69, 9.17) is 16.3 Å². The lowest BCUT2D eigenvalue weighted by molar-refractivity contribution is 0.0206.